The lowest BCUT2D eigenvalue weighted by Gasteiger charge is -2.40. The van der Waals surface area contributed by atoms with E-state index in [1.54, 1.807) is 6.20 Å². The Morgan fingerprint density at radius 1 is 1.07 bits per heavy atom. The van der Waals surface area contributed by atoms with E-state index in [1.807, 2.05) is 30.5 Å². The van der Waals surface area contributed by atoms with Crippen LogP contribution in [0.1, 0.15) is 53.6 Å². The summed E-state index contributed by atoms with van der Waals surface area (Å²) >= 11 is 0. The summed E-state index contributed by atoms with van der Waals surface area (Å²) in [6.45, 7) is 1.18. The smallest absolute Gasteiger partial charge is 0.385 e. The standard InChI is InChI=1S/C29H32F3N5O3/c30-29(31,32)23-3-1-2-20(14-23)27(39)33-17-26(38)36-24-10-13-37(18-24)25-8-11-28(40,12-9-25)22-6-4-19(5-7-22)21-15-34-35-16-21/h1-7,14-16,24-25,40H,8-13,17-18H2,(H,33,39)(H,34,35)(H,36,38)/t24-,25?,28?/m1/s1. The molecule has 2 heterocycles. The molecule has 2 aromatic carbocycles. The summed E-state index contributed by atoms with van der Waals surface area (Å²) in [6.07, 6.45) is 2.79. The second-order valence-electron chi connectivity index (χ2n) is 10.6. The highest BCUT2D eigenvalue weighted by molar-refractivity contribution is 5.96. The summed E-state index contributed by atoms with van der Waals surface area (Å²) in [5.74, 6) is -1.12. The predicted molar refractivity (Wildman–Crippen MR) is 142 cm³/mol. The van der Waals surface area contributed by atoms with E-state index in [1.165, 1.54) is 6.07 Å². The third kappa shape index (κ3) is 6.37. The molecule has 1 aromatic heterocycles. The van der Waals surface area contributed by atoms with Gasteiger partial charge in [-0.3, -0.25) is 19.6 Å². The van der Waals surface area contributed by atoms with Crippen molar-refractivity contribution in [2.24, 2.45) is 0 Å². The molecule has 2 fully saturated rings. The third-order valence-electron chi connectivity index (χ3n) is 8.00. The maximum Gasteiger partial charge on any atom is 0.416 e. The normalized spacial score (nSPS) is 23.6. The number of H-pyrrole nitrogens is 1. The van der Waals surface area contributed by atoms with Gasteiger partial charge in [0.2, 0.25) is 5.91 Å². The highest BCUT2D eigenvalue weighted by Gasteiger charge is 2.38. The van der Waals surface area contributed by atoms with Crippen LogP contribution in [0.3, 0.4) is 0 Å². The van der Waals surface area contributed by atoms with Crippen LogP contribution < -0.4 is 10.6 Å². The van der Waals surface area contributed by atoms with E-state index in [2.05, 4.69) is 25.7 Å². The van der Waals surface area contributed by atoms with Gasteiger partial charge in [0.1, 0.15) is 0 Å². The lowest BCUT2D eigenvalue weighted by Crippen LogP contribution is -2.45. The van der Waals surface area contributed by atoms with Crippen molar-refractivity contribution in [1.29, 1.82) is 0 Å². The zero-order valence-corrected chi connectivity index (χ0v) is 21.9. The van der Waals surface area contributed by atoms with Crippen molar-refractivity contribution in [3.63, 3.8) is 0 Å². The fourth-order valence-corrected chi connectivity index (χ4v) is 5.73. The number of rotatable bonds is 7. The lowest BCUT2D eigenvalue weighted by atomic mass is 9.77. The predicted octanol–water partition coefficient (Wildman–Crippen LogP) is 3.85. The summed E-state index contributed by atoms with van der Waals surface area (Å²) in [5, 5.41) is 23.5. The molecule has 1 aliphatic carbocycles. The van der Waals surface area contributed by atoms with Gasteiger partial charge >= 0.3 is 6.18 Å². The van der Waals surface area contributed by atoms with Crippen molar-refractivity contribution in [2.45, 2.75) is 56.0 Å². The van der Waals surface area contributed by atoms with Gasteiger partial charge in [-0.25, -0.2) is 0 Å². The first-order chi connectivity index (χ1) is 19.1. The summed E-state index contributed by atoms with van der Waals surface area (Å²) < 4.78 is 38.7. The molecular weight excluding hydrogens is 523 g/mol. The van der Waals surface area contributed by atoms with E-state index >= 15 is 0 Å². The SMILES string of the molecule is O=C(CNC(=O)c1cccc(C(F)(F)F)c1)N[C@@H]1CCN(C2CCC(O)(c3ccc(-c4cn[nH]c4)cc3)CC2)C1. The fourth-order valence-electron chi connectivity index (χ4n) is 5.73. The Balaban J connectivity index is 1.06. The minimum absolute atomic E-state index is 0.0748. The molecule has 3 aromatic rings. The minimum Gasteiger partial charge on any atom is -0.385 e. The number of amides is 2. The Bertz CT molecular complexity index is 1320. The lowest BCUT2D eigenvalue weighted by molar-refractivity contribution is -0.137. The quantitative estimate of drug-likeness (QED) is 0.354. The van der Waals surface area contributed by atoms with E-state index in [4.69, 9.17) is 0 Å². The molecule has 40 heavy (non-hydrogen) atoms. The molecule has 0 unspecified atom stereocenters. The Morgan fingerprint density at radius 2 is 1.82 bits per heavy atom. The molecule has 212 valence electrons. The van der Waals surface area contributed by atoms with E-state index in [-0.39, 0.29) is 24.1 Å². The number of carbonyl (C=O) groups is 2. The Kier molecular flexibility index (Phi) is 7.95. The van der Waals surface area contributed by atoms with Crippen molar-refractivity contribution < 1.29 is 27.9 Å². The number of benzene rings is 2. The van der Waals surface area contributed by atoms with Crippen LogP contribution in [-0.4, -0.2) is 63.7 Å². The number of likely N-dealkylation sites (tertiary alicyclic amines) is 1. The van der Waals surface area contributed by atoms with Crippen LogP contribution in [0.4, 0.5) is 13.2 Å². The highest BCUT2D eigenvalue weighted by Crippen LogP contribution is 2.40. The second-order valence-corrected chi connectivity index (χ2v) is 10.6. The zero-order chi connectivity index (χ0) is 28.3. The number of hydrogen-bond acceptors (Lipinski definition) is 5. The molecule has 1 saturated heterocycles. The molecule has 11 heteroatoms. The van der Waals surface area contributed by atoms with Crippen LogP contribution in [-0.2, 0) is 16.6 Å². The van der Waals surface area contributed by atoms with Gasteiger partial charge in [0.05, 0.1) is 23.9 Å². The Morgan fingerprint density at radius 3 is 2.50 bits per heavy atom. The minimum atomic E-state index is -4.55. The van der Waals surface area contributed by atoms with Crippen molar-refractivity contribution in [1.82, 2.24) is 25.7 Å². The van der Waals surface area contributed by atoms with Gasteiger partial charge in [0, 0.05) is 42.5 Å². The van der Waals surface area contributed by atoms with Crippen LogP contribution >= 0.6 is 0 Å². The van der Waals surface area contributed by atoms with Crippen LogP contribution in [0.25, 0.3) is 11.1 Å². The summed E-state index contributed by atoms with van der Waals surface area (Å²) in [4.78, 5) is 27.0. The number of carbonyl (C=O) groups excluding carboxylic acids is 2. The number of halogens is 3. The number of aromatic amines is 1. The molecule has 0 bridgehead atoms. The first-order valence-electron chi connectivity index (χ1n) is 13.4. The largest absolute Gasteiger partial charge is 0.416 e. The molecule has 8 nitrogen and oxygen atoms in total. The van der Waals surface area contributed by atoms with Gasteiger partial charge in [-0.15, -0.1) is 0 Å². The number of nitrogens with one attached hydrogen (secondary N) is 3. The molecule has 1 aliphatic heterocycles. The Hall–Kier alpha value is -3.70. The monoisotopic (exact) mass is 555 g/mol. The number of nitrogens with zero attached hydrogens (tertiary/aromatic N) is 2. The molecule has 4 N–H and O–H groups in total. The van der Waals surface area contributed by atoms with Crippen molar-refractivity contribution in [2.75, 3.05) is 19.6 Å². The summed E-state index contributed by atoms with van der Waals surface area (Å²) in [7, 11) is 0. The van der Waals surface area contributed by atoms with Crippen molar-refractivity contribution >= 4 is 11.8 Å². The first kappa shape index (κ1) is 27.9. The maximum absolute atomic E-state index is 12.9. The maximum atomic E-state index is 12.9. The van der Waals surface area contributed by atoms with Gasteiger partial charge in [-0.2, -0.15) is 18.3 Å². The number of aliphatic hydroxyl groups is 1. The molecule has 1 saturated carbocycles. The first-order valence-corrected chi connectivity index (χ1v) is 13.4. The van der Waals surface area contributed by atoms with E-state index in [9.17, 15) is 27.9 Å². The van der Waals surface area contributed by atoms with Crippen molar-refractivity contribution in [3.05, 3.63) is 77.6 Å². The van der Waals surface area contributed by atoms with Crippen LogP contribution in [0.15, 0.2) is 60.9 Å². The topological polar surface area (TPSA) is 110 Å². The molecular formula is C29H32F3N5O3. The molecule has 2 amide bonds. The third-order valence-corrected chi connectivity index (χ3v) is 8.00. The van der Waals surface area contributed by atoms with E-state index < -0.39 is 23.2 Å². The molecule has 0 radical (unpaired) electrons. The average molecular weight is 556 g/mol. The number of aromatic nitrogens is 2. The van der Waals surface area contributed by atoms with Gasteiger partial charge in [-0.1, -0.05) is 30.3 Å². The zero-order valence-electron chi connectivity index (χ0n) is 21.9. The van der Waals surface area contributed by atoms with Crippen LogP contribution in [0, 0.1) is 0 Å². The summed E-state index contributed by atoms with van der Waals surface area (Å²) in [5.41, 5.74) is 1.01. The van der Waals surface area contributed by atoms with Gasteiger partial charge in [-0.05, 0) is 61.4 Å². The van der Waals surface area contributed by atoms with E-state index in [0.717, 1.165) is 60.7 Å². The Labute approximate surface area is 230 Å². The molecule has 2 aliphatic rings. The molecule has 1 atom stereocenters. The average Bonchev–Trinajstić information content (AvgIpc) is 3.65. The highest BCUT2D eigenvalue weighted by atomic mass is 19.4. The van der Waals surface area contributed by atoms with Gasteiger partial charge in [0.15, 0.2) is 0 Å². The van der Waals surface area contributed by atoms with E-state index in [0.29, 0.717) is 25.4 Å². The second kappa shape index (κ2) is 11.4. The molecule has 0 spiro atoms. The van der Waals surface area contributed by atoms with Crippen LogP contribution in [0.5, 0.6) is 0 Å². The summed E-state index contributed by atoms with van der Waals surface area (Å²) in [6, 6.07) is 12.3. The van der Waals surface area contributed by atoms with Crippen LogP contribution in [0.2, 0.25) is 0 Å². The van der Waals surface area contributed by atoms with Gasteiger partial charge in [0.25, 0.3) is 5.91 Å². The van der Waals surface area contributed by atoms with Gasteiger partial charge < -0.3 is 15.7 Å². The number of alkyl halides is 3. The molecule has 5 rings (SSSR count). The fraction of sp³-hybridized carbons (Fsp3) is 0.414. The number of hydrogen-bond donors (Lipinski definition) is 4. The van der Waals surface area contributed by atoms with Crippen molar-refractivity contribution in [3.8, 4) is 11.1 Å².